The van der Waals surface area contributed by atoms with Crippen LogP contribution >= 0.6 is 0 Å². The molecule has 0 saturated heterocycles. The third kappa shape index (κ3) is 8.60. The van der Waals surface area contributed by atoms with Crippen LogP contribution in [0.5, 0.6) is 0 Å². The molecule has 0 saturated carbocycles. The summed E-state index contributed by atoms with van der Waals surface area (Å²) in [6, 6.07) is 4.51. The Morgan fingerprint density at radius 2 is 1.66 bits per heavy atom. The summed E-state index contributed by atoms with van der Waals surface area (Å²) in [6.45, 7) is 5.46. The molecule has 0 aliphatic carbocycles. The molecule has 29 heavy (non-hydrogen) atoms. The molecular weight excluding hydrogens is 384 g/mol. The van der Waals surface area contributed by atoms with Gasteiger partial charge in [0.1, 0.15) is 6.04 Å². The Kier molecular flexibility index (Phi) is 10.1. The molecule has 1 amide bonds. The number of carbonyl (C=O) groups excluding carboxylic acids is 2. The standard InChI is InChI=1S/C19H25F3N2O4.Li.H/c1-11(2)10-18(3,23)15(25)9-13-7-5-4-6-12(13)8-14(16(26)27)24-17(28)19(20,21)22;;/h4-7,11,14H,8-10,23H2,1-3H3,(H,24,28)(H,26,27);;. The third-order valence-corrected chi connectivity index (χ3v) is 4.22. The fourth-order valence-electron chi connectivity index (χ4n) is 2.93. The van der Waals surface area contributed by atoms with Crippen molar-refractivity contribution in [1.29, 1.82) is 0 Å². The van der Waals surface area contributed by atoms with Gasteiger partial charge in [-0.05, 0) is 30.4 Å². The van der Waals surface area contributed by atoms with Crippen LogP contribution in [0.4, 0.5) is 13.2 Å². The quantitative estimate of drug-likeness (QED) is 0.536. The number of hydrogen-bond acceptors (Lipinski definition) is 4. The number of hydrogen-bond donors (Lipinski definition) is 3. The average Bonchev–Trinajstić information content (AvgIpc) is 2.53. The van der Waals surface area contributed by atoms with E-state index in [0.29, 0.717) is 17.5 Å². The molecular formula is C19H26F3LiN2O4. The zero-order chi connectivity index (χ0) is 21.7. The summed E-state index contributed by atoms with van der Waals surface area (Å²) in [5, 5.41) is 10.7. The van der Waals surface area contributed by atoms with E-state index < -0.39 is 36.1 Å². The van der Waals surface area contributed by atoms with Gasteiger partial charge in [-0.15, -0.1) is 0 Å². The molecule has 0 heterocycles. The molecule has 2 atom stereocenters. The zero-order valence-corrected chi connectivity index (χ0v) is 16.0. The summed E-state index contributed by atoms with van der Waals surface area (Å²) in [5.41, 5.74) is 5.82. The molecule has 1 rings (SSSR count). The summed E-state index contributed by atoms with van der Waals surface area (Å²) in [7, 11) is 0. The Labute approximate surface area is 179 Å². The first-order valence-electron chi connectivity index (χ1n) is 8.73. The van der Waals surface area contributed by atoms with E-state index in [9.17, 15) is 32.7 Å². The van der Waals surface area contributed by atoms with Crippen molar-refractivity contribution < 1.29 is 32.7 Å². The van der Waals surface area contributed by atoms with Crippen LogP contribution in [-0.4, -0.2) is 59.4 Å². The Morgan fingerprint density at radius 3 is 2.10 bits per heavy atom. The Balaban J connectivity index is 0.00000784. The molecule has 0 spiro atoms. The SMILES string of the molecule is CC(C)CC(C)(N)C(=O)Cc1ccccc1CC(NC(=O)C(F)(F)F)C(=O)O.[LiH]. The second-order valence-corrected chi connectivity index (χ2v) is 7.45. The number of amides is 1. The van der Waals surface area contributed by atoms with E-state index in [2.05, 4.69) is 0 Å². The van der Waals surface area contributed by atoms with Gasteiger partial charge in [-0.3, -0.25) is 9.59 Å². The van der Waals surface area contributed by atoms with Gasteiger partial charge in [-0.25, -0.2) is 4.79 Å². The van der Waals surface area contributed by atoms with Gasteiger partial charge in [-0.1, -0.05) is 38.1 Å². The van der Waals surface area contributed by atoms with Crippen LogP contribution in [0.1, 0.15) is 38.3 Å². The molecule has 4 N–H and O–H groups in total. The molecule has 0 fully saturated rings. The second-order valence-electron chi connectivity index (χ2n) is 7.45. The number of benzene rings is 1. The minimum atomic E-state index is -5.19. The van der Waals surface area contributed by atoms with E-state index in [4.69, 9.17) is 5.73 Å². The Bertz CT molecular complexity index is 736. The summed E-state index contributed by atoms with van der Waals surface area (Å²) in [5.74, 6) is -4.02. The summed E-state index contributed by atoms with van der Waals surface area (Å²) >= 11 is 0. The van der Waals surface area contributed by atoms with Crippen LogP contribution in [0.15, 0.2) is 24.3 Å². The summed E-state index contributed by atoms with van der Waals surface area (Å²) in [4.78, 5) is 35.0. The van der Waals surface area contributed by atoms with Gasteiger partial charge in [0, 0.05) is 12.8 Å². The second kappa shape index (κ2) is 10.8. The van der Waals surface area contributed by atoms with Crippen LogP contribution in [0.25, 0.3) is 0 Å². The monoisotopic (exact) mass is 410 g/mol. The number of carboxylic acids is 1. The molecule has 0 radical (unpaired) electrons. The number of nitrogens with one attached hydrogen (secondary N) is 1. The molecule has 1 aromatic rings. The molecule has 6 nitrogen and oxygen atoms in total. The molecule has 10 heteroatoms. The molecule has 158 valence electrons. The molecule has 1 aromatic carbocycles. The molecule has 0 bridgehead atoms. The van der Waals surface area contributed by atoms with Crippen LogP contribution in [-0.2, 0) is 27.2 Å². The van der Waals surface area contributed by atoms with Crippen molar-refractivity contribution in [2.24, 2.45) is 11.7 Å². The first-order valence-corrected chi connectivity index (χ1v) is 8.73. The number of ketones is 1. The summed E-state index contributed by atoms with van der Waals surface area (Å²) < 4.78 is 37.3. The van der Waals surface area contributed by atoms with Gasteiger partial charge >= 0.3 is 36.9 Å². The van der Waals surface area contributed by atoms with Crippen molar-refractivity contribution in [3.8, 4) is 0 Å². The molecule has 2 unspecified atom stereocenters. The normalized spacial score (nSPS) is 14.5. The van der Waals surface area contributed by atoms with Gasteiger partial charge in [-0.2, -0.15) is 13.2 Å². The predicted octanol–water partition coefficient (Wildman–Crippen LogP) is 1.59. The van der Waals surface area contributed by atoms with Gasteiger partial charge in [0.15, 0.2) is 5.78 Å². The fourth-order valence-corrected chi connectivity index (χ4v) is 2.93. The van der Waals surface area contributed by atoms with Gasteiger partial charge in [0.25, 0.3) is 0 Å². The zero-order valence-electron chi connectivity index (χ0n) is 16.0. The van der Waals surface area contributed by atoms with Crippen LogP contribution in [0.3, 0.4) is 0 Å². The first kappa shape index (κ1) is 27.2. The van der Waals surface area contributed by atoms with Crippen molar-refractivity contribution in [1.82, 2.24) is 5.32 Å². The number of carboxylic acid groups (broad SMARTS) is 1. The number of halogens is 3. The number of alkyl halides is 3. The number of rotatable bonds is 9. The van der Waals surface area contributed by atoms with E-state index in [1.807, 2.05) is 13.8 Å². The maximum absolute atomic E-state index is 12.6. The van der Waals surface area contributed by atoms with Crippen LogP contribution in [0.2, 0.25) is 0 Å². The Hall–Kier alpha value is -1.82. The number of Topliss-reactive ketones (excluding diaryl/α,β-unsaturated/α-hetero) is 1. The average molecular weight is 410 g/mol. The number of nitrogens with two attached hydrogens (primary N) is 1. The van der Waals surface area contributed by atoms with E-state index in [0.717, 1.165) is 0 Å². The number of aliphatic carboxylic acids is 1. The first-order chi connectivity index (χ1) is 12.7. The van der Waals surface area contributed by atoms with Crippen molar-refractivity contribution >= 4 is 36.5 Å². The summed E-state index contributed by atoms with van der Waals surface area (Å²) in [6.07, 6.45) is -5.23. The van der Waals surface area contributed by atoms with Crippen molar-refractivity contribution in [2.45, 2.75) is 57.8 Å². The minimum absolute atomic E-state index is 0. The van der Waals surface area contributed by atoms with E-state index in [1.54, 1.807) is 25.1 Å². The van der Waals surface area contributed by atoms with Crippen molar-refractivity contribution in [3.63, 3.8) is 0 Å². The van der Waals surface area contributed by atoms with Crippen molar-refractivity contribution in [2.75, 3.05) is 0 Å². The van der Waals surface area contributed by atoms with Crippen LogP contribution < -0.4 is 11.1 Å². The topological polar surface area (TPSA) is 109 Å². The van der Waals surface area contributed by atoms with E-state index in [1.165, 1.54) is 11.4 Å². The van der Waals surface area contributed by atoms with Crippen molar-refractivity contribution in [3.05, 3.63) is 35.4 Å². The number of carbonyl (C=O) groups is 3. The molecule has 0 aromatic heterocycles. The molecule has 0 aliphatic heterocycles. The van der Waals surface area contributed by atoms with Gasteiger partial charge < -0.3 is 16.2 Å². The van der Waals surface area contributed by atoms with Crippen LogP contribution in [0, 0.1) is 5.92 Å². The van der Waals surface area contributed by atoms with Gasteiger partial charge in [0.05, 0.1) is 5.54 Å². The molecule has 0 aliphatic rings. The Morgan fingerprint density at radius 1 is 1.14 bits per heavy atom. The maximum atomic E-state index is 12.6. The van der Waals surface area contributed by atoms with Gasteiger partial charge in [0.2, 0.25) is 0 Å². The van der Waals surface area contributed by atoms with E-state index in [-0.39, 0.29) is 37.0 Å². The van der Waals surface area contributed by atoms with E-state index >= 15 is 0 Å². The fraction of sp³-hybridized carbons (Fsp3) is 0.526. The predicted molar refractivity (Wildman–Crippen MR) is 104 cm³/mol. The third-order valence-electron chi connectivity index (χ3n) is 4.22.